The SMILES string of the molecule is C[C@H](N)C(=O)N(c1ccccc1)[N+](=O)[O-]. The summed E-state index contributed by atoms with van der Waals surface area (Å²) in [4.78, 5) is 22.1. The van der Waals surface area contributed by atoms with Gasteiger partial charge in [-0.25, -0.2) is 10.1 Å². The van der Waals surface area contributed by atoms with Crippen molar-refractivity contribution in [3.63, 3.8) is 0 Å². The van der Waals surface area contributed by atoms with Gasteiger partial charge in [0, 0.05) is 0 Å². The number of para-hydroxylation sites is 1. The molecule has 0 aliphatic rings. The fraction of sp³-hybridized carbons (Fsp3) is 0.222. The predicted molar refractivity (Wildman–Crippen MR) is 54.6 cm³/mol. The quantitative estimate of drug-likeness (QED) is 0.581. The minimum Gasteiger partial charge on any atom is -0.320 e. The van der Waals surface area contributed by atoms with Gasteiger partial charge in [0.25, 0.3) is 0 Å². The van der Waals surface area contributed by atoms with E-state index >= 15 is 0 Å². The second-order valence-electron chi connectivity index (χ2n) is 3.01. The predicted octanol–water partition coefficient (Wildman–Crippen LogP) is 0.558. The van der Waals surface area contributed by atoms with E-state index < -0.39 is 17.0 Å². The Balaban J connectivity index is 3.05. The van der Waals surface area contributed by atoms with Crippen LogP contribution in [0.25, 0.3) is 0 Å². The van der Waals surface area contributed by atoms with Crippen LogP contribution in [0.15, 0.2) is 30.3 Å². The van der Waals surface area contributed by atoms with Gasteiger partial charge in [-0.05, 0) is 24.1 Å². The molecule has 1 aromatic rings. The van der Waals surface area contributed by atoms with Crippen molar-refractivity contribution in [1.29, 1.82) is 0 Å². The third-order valence-corrected chi connectivity index (χ3v) is 1.76. The van der Waals surface area contributed by atoms with Crippen LogP contribution in [-0.2, 0) is 4.79 Å². The van der Waals surface area contributed by atoms with Crippen LogP contribution in [0.1, 0.15) is 6.92 Å². The van der Waals surface area contributed by atoms with Crippen LogP contribution in [0.4, 0.5) is 5.69 Å². The first-order chi connectivity index (χ1) is 7.04. The first-order valence-corrected chi connectivity index (χ1v) is 4.33. The molecule has 0 heterocycles. The molecule has 0 aliphatic carbocycles. The Kier molecular flexibility index (Phi) is 3.35. The normalized spacial score (nSPS) is 11.9. The molecule has 2 N–H and O–H groups in total. The Labute approximate surface area is 86.4 Å². The second kappa shape index (κ2) is 4.52. The van der Waals surface area contributed by atoms with Gasteiger partial charge in [-0.3, -0.25) is 4.79 Å². The molecular formula is C9H11N3O3. The molecule has 6 heteroatoms. The maximum Gasteiger partial charge on any atom is 0.305 e. The number of hydrogen-bond donors (Lipinski definition) is 1. The zero-order valence-electron chi connectivity index (χ0n) is 8.16. The van der Waals surface area contributed by atoms with Crippen molar-refractivity contribution in [2.45, 2.75) is 13.0 Å². The summed E-state index contributed by atoms with van der Waals surface area (Å²) in [5, 5.41) is 10.4. The minimum absolute atomic E-state index is 0.199. The van der Waals surface area contributed by atoms with Gasteiger partial charge in [-0.2, -0.15) is 0 Å². The number of carbonyl (C=O) groups excluding carboxylic acids is 1. The van der Waals surface area contributed by atoms with Crippen LogP contribution in [0, 0.1) is 10.1 Å². The van der Waals surface area contributed by atoms with Gasteiger partial charge in [-0.15, -0.1) is 0 Å². The van der Waals surface area contributed by atoms with Crippen LogP contribution < -0.4 is 10.7 Å². The smallest absolute Gasteiger partial charge is 0.305 e. The molecule has 15 heavy (non-hydrogen) atoms. The second-order valence-corrected chi connectivity index (χ2v) is 3.01. The van der Waals surface area contributed by atoms with Gasteiger partial charge in [0.1, 0.15) is 5.69 Å². The summed E-state index contributed by atoms with van der Waals surface area (Å²) < 4.78 is 0. The number of hydrazine groups is 1. The summed E-state index contributed by atoms with van der Waals surface area (Å²) in [5.41, 5.74) is 5.52. The Bertz CT molecular complexity index is 364. The summed E-state index contributed by atoms with van der Waals surface area (Å²) >= 11 is 0. The third-order valence-electron chi connectivity index (χ3n) is 1.76. The van der Waals surface area contributed by atoms with E-state index in [0.717, 1.165) is 0 Å². The minimum atomic E-state index is -0.907. The highest BCUT2D eigenvalue weighted by atomic mass is 16.7. The average Bonchev–Trinajstić information content (AvgIpc) is 2.18. The Morgan fingerprint density at radius 1 is 1.47 bits per heavy atom. The maximum atomic E-state index is 11.4. The molecule has 0 saturated heterocycles. The van der Waals surface area contributed by atoms with Crippen molar-refractivity contribution in [3.8, 4) is 0 Å². The number of rotatable bonds is 3. The molecule has 1 rings (SSSR count). The Morgan fingerprint density at radius 2 is 2.00 bits per heavy atom. The highest BCUT2D eigenvalue weighted by Crippen LogP contribution is 2.13. The van der Waals surface area contributed by atoms with Gasteiger partial charge in [0.15, 0.2) is 5.03 Å². The van der Waals surface area contributed by atoms with Crippen LogP contribution in [0.2, 0.25) is 0 Å². The van der Waals surface area contributed by atoms with Crippen LogP contribution in [-0.4, -0.2) is 17.0 Å². The molecule has 80 valence electrons. The highest BCUT2D eigenvalue weighted by Gasteiger charge is 2.28. The lowest BCUT2D eigenvalue weighted by Crippen LogP contribution is -2.45. The number of benzene rings is 1. The standard InChI is InChI=1S/C9H11N3O3/c1-7(10)9(13)11(12(14)15)8-5-3-2-4-6-8/h2-7H,10H2,1H3/t7-/m0/s1. The van der Waals surface area contributed by atoms with Crippen molar-refractivity contribution in [1.82, 2.24) is 0 Å². The molecule has 0 saturated carbocycles. The zero-order chi connectivity index (χ0) is 11.4. The van der Waals surface area contributed by atoms with Gasteiger partial charge in [0.2, 0.25) is 0 Å². The van der Waals surface area contributed by atoms with Crippen molar-refractivity contribution in [3.05, 3.63) is 40.4 Å². The molecule has 0 radical (unpaired) electrons. The molecule has 0 fully saturated rings. The summed E-state index contributed by atoms with van der Waals surface area (Å²) in [7, 11) is 0. The topological polar surface area (TPSA) is 89.5 Å². The molecule has 1 amide bonds. The van der Waals surface area contributed by atoms with E-state index in [1.165, 1.54) is 19.1 Å². The summed E-state index contributed by atoms with van der Waals surface area (Å²) in [6.07, 6.45) is 0. The monoisotopic (exact) mass is 209 g/mol. The summed E-state index contributed by atoms with van der Waals surface area (Å²) in [6, 6.07) is 6.97. The number of anilines is 1. The van der Waals surface area contributed by atoms with E-state index in [4.69, 9.17) is 5.73 Å². The molecule has 0 bridgehead atoms. The van der Waals surface area contributed by atoms with E-state index in [0.29, 0.717) is 5.01 Å². The molecule has 0 aliphatic heterocycles. The average molecular weight is 209 g/mol. The zero-order valence-corrected chi connectivity index (χ0v) is 8.16. The van der Waals surface area contributed by atoms with Crippen LogP contribution in [0.5, 0.6) is 0 Å². The molecule has 0 unspecified atom stereocenters. The molecule has 1 atom stereocenters. The van der Waals surface area contributed by atoms with E-state index in [2.05, 4.69) is 0 Å². The molecule has 6 nitrogen and oxygen atoms in total. The van der Waals surface area contributed by atoms with Crippen molar-refractivity contribution < 1.29 is 9.83 Å². The summed E-state index contributed by atoms with van der Waals surface area (Å²) in [6.45, 7) is 1.40. The van der Waals surface area contributed by atoms with Crippen molar-refractivity contribution in [2.75, 3.05) is 5.01 Å². The van der Waals surface area contributed by atoms with Crippen LogP contribution >= 0.6 is 0 Å². The van der Waals surface area contributed by atoms with Gasteiger partial charge >= 0.3 is 5.91 Å². The lowest BCUT2D eigenvalue weighted by Gasteiger charge is -2.13. The first-order valence-electron chi connectivity index (χ1n) is 4.33. The maximum absolute atomic E-state index is 11.4. The van der Waals surface area contributed by atoms with Gasteiger partial charge < -0.3 is 5.73 Å². The largest absolute Gasteiger partial charge is 0.320 e. The number of nitro groups is 1. The molecule has 1 aromatic carbocycles. The molecule has 0 spiro atoms. The number of nitrogens with zero attached hydrogens (tertiary/aromatic N) is 2. The van der Waals surface area contributed by atoms with Crippen molar-refractivity contribution >= 4 is 11.6 Å². The van der Waals surface area contributed by atoms with Gasteiger partial charge in [-0.1, -0.05) is 18.2 Å². The van der Waals surface area contributed by atoms with Crippen LogP contribution in [0.3, 0.4) is 0 Å². The lowest BCUT2D eigenvalue weighted by molar-refractivity contribution is -0.484. The number of hydrogen-bond acceptors (Lipinski definition) is 4. The Morgan fingerprint density at radius 3 is 2.40 bits per heavy atom. The lowest BCUT2D eigenvalue weighted by atomic mass is 10.2. The summed E-state index contributed by atoms with van der Waals surface area (Å²) in [5.74, 6) is -0.744. The Hall–Kier alpha value is -1.95. The molecule has 0 aromatic heterocycles. The van der Waals surface area contributed by atoms with Gasteiger partial charge in [0.05, 0.1) is 6.04 Å². The third kappa shape index (κ3) is 2.50. The fourth-order valence-corrected chi connectivity index (χ4v) is 1.06. The number of carbonyl (C=O) groups is 1. The number of nitrogens with two attached hydrogens (primary N) is 1. The first kappa shape index (κ1) is 11.1. The van der Waals surface area contributed by atoms with E-state index in [-0.39, 0.29) is 5.69 Å². The van der Waals surface area contributed by atoms with E-state index in [1.807, 2.05) is 0 Å². The van der Waals surface area contributed by atoms with E-state index in [1.54, 1.807) is 18.2 Å². The molecular weight excluding hydrogens is 198 g/mol. The highest BCUT2D eigenvalue weighted by molar-refractivity contribution is 5.94. The number of amides is 1. The fourth-order valence-electron chi connectivity index (χ4n) is 1.06. The van der Waals surface area contributed by atoms with Crippen molar-refractivity contribution in [2.24, 2.45) is 5.73 Å². The van der Waals surface area contributed by atoms with E-state index in [9.17, 15) is 14.9 Å².